The van der Waals surface area contributed by atoms with Gasteiger partial charge in [-0.25, -0.2) is 9.45 Å². The molecular weight excluding hydrogens is 237 g/mol. The summed E-state index contributed by atoms with van der Waals surface area (Å²) in [7, 11) is 0. The van der Waals surface area contributed by atoms with E-state index in [1.807, 2.05) is 0 Å². The van der Waals surface area contributed by atoms with Crippen molar-refractivity contribution in [3.63, 3.8) is 0 Å². The van der Waals surface area contributed by atoms with Gasteiger partial charge < -0.3 is 4.42 Å². The van der Waals surface area contributed by atoms with Crippen molar-refractivity contribution in [2.45, 2.75) is 13.3 Å². The fraction of sp³-hybridized carbons (Fsp3) is 0.308. The van der Waals surface area contributed by atoms with E-state index in [9.17, 15) is 9.18 Å². The Bertz CT molecular complexity index is 614. The van der Waals surface area contributed by atoms with Crippen molar-refractivity contribution in [3.8, 4) is 0 Å². The van der Waals surface area contributed by atoms with Crippen molar-refractivity contribution in [3.05, 3.63) is 35.3 Å². The van der Waals surface area contributed by atoms with E-state index in [1.54, 1.807) is 6.92 Å². The third kappa shape index (κ3) is 1.67. The largest absolute Gasteiger partial charge is 0.451 e. The molecule has 1 saturated heterocycles. The zero-order valence-electron chi connectivity index (χ0n) is 9.90. The summed E-state index contributed by atoms with van der Waals surface area (Å²) in [5.41, 5.74) is 1.15. The summed E-state index contributed by atoms with van der Waals surface area (Å²) < 4.78 is 18.7. The van der Waals surface area contributed by atoms with Gasteiger partial charge in [0, 0.05) is 10.9 Å². The Labute approximate surface area is 103 Å². The number of benzene rings is 1. The normalized spacial score (nSPS) is 15.6. The molecule has 2 aromatic rings. The Balaban J connectivity index is 2.06. The van der Waals surface area contributed by atoms with Gasteiger partial charge in [-0.2, -0.15) is 0 Å². The first-order chi connectivity index (χ1) is 8.66. The first-order valence-corrected chi connectivity index (χ1v) is 5.80. The molecule has 2 heterocycles. The van der Waals surface area contributed by atoms with Gasteiger partial charge >= 0.3 is 5.91 Å². The highest BCUT2D eigenvalue weighted by Crippen LogP contribution is 2.27. The van der Waals surface area contributed by atoms with Crippen molar-refractivity contribution in [2.24, 2.45) is 0 Å². The number of rotatable bonds is 1. The molecule has 0 saturated carbocycles. The van der Waals surface area contributed by atoms with E-state index in [-0.39, 0.29) is 17.5 Å². The lowest BCUT2D eigenvalue weighted by Gasteiger charge is -2.11. The second-order valence-electron chi connectivity index (χ2n) is 4.29. The molecule has 1 aromatic heterocycles. The van der Waals surface area contributed by atoms with E-state index in [2.05, 4.69) is 0 Å². The van der Waals surface area contributed by atoms with Crippen LogP contribution < -0.4 is 0 Å². The topological polar surface area (TPSA) is 42.7 Å². The Morgan fingerprint density at radius 3 is 3.00 bits per heavy atom. The minimum absolute atomic E-state index is 0.220. The first kappa shape index (κ1) is 11.2. The molecule has 3 rings (SSSR count). The first-order valence-electron chi connectivity index (χ1n) is 5.80. The van der Waals surface area contributed by atoms with E-state index < -0.39 is 0 Å². The zero-order valence-corrected chi connectivity index (χ0v) is 9.90. The number of aryl methyl sites for hydroxylation is 1. The molecule has 0 spiro atoms. The predicted octanol–water partition coefficient (Wildman–Crippen LogP) is 2.66. The molecule has 1 amide bonds. The van der Waals surface area contributed by atoms with E-state index in [1.165, 1.54) is 23.3 Å². The highest BCUT2D eigenvalue weighted by molar-refractivity contribution is 5.98. The molecule has 0 radical (unpaired) electrons. The van der Waals surface area contributed by atoms with Crippen LogP contribution in [0.4, 0.5) is 4.39 Å². The number of hydroxylamine groups is 2. The monoisotopic (exact) mass is 249 g/mol. The Morgan fingerprint density at radius 1 is 1.44 bits per heavy atom. The van der Waals surface area contributed by atoms with E-state index in [0.717, 1.165) is 6.42 Å². The Kier molecular flexibility index (Phi) is 2.56. The maximum Gasteiger partial charge on any atom is 0.313 e. The number of halogens is 1. The van der Waals surface area contributed by atoms with Crippen LogP contribution in [0.1, 0.15) is 22.5 Å². The smallest absolute Gasteiger partial charge is 0.313 e. The number of fused-ring (bicyclic) bond motifs is 1. The van der Waals surface area contributed by atoms with Gasteiger partial charge in [0.05, 0.1) is 13.2 Å². The lowest BCUT2D eigenvalue weighted by Crippen LogP contribution is -2.26. The molecule has 18 heavy (non-hydrogen) atoms. The summed E-state index contributed by atoms with van der Waals surface area (Å²) >= 11 is 0. The van der Waals surface area contributed by atoms with Crippen LogP contribution >= 0.6 is 0 Å². The second kappa shape index (κ2) is 4.10. The maximum absolute atomic E-state index is 13.2. The number of hydrogen-bond donors (Lipinski definition) is 0. The van der Waals surface area contributed by atoms with Crippen LogP contribution in [0.5, 0.6) is 0 Å². The molecule has 0 aliphatic carbocycles. The van der Waals surface area contributed by atoms with Gasteiger partial charge in [-0.15, -0.1) is 0 Å². The molecule has 1 fully saturated rings. The summed E-state index contributed by atoms with van der Waals surface area (Å²) in [5, 5.41) is 1.92. The molecule has 0 N–H and O–H groups in total. The van der Waals surface area contributed by atoms with Crippen molar-refractivity contribution >= 4 is 16.9 Å². The van der Waals surface area contributed by atoms with Crippen molar-refractivity contribution < 1.29 is 18.4 Å². The minimum atomic E-state index is -0.345. The predicted molar refractivity (Wildman–Crippen MR) is 62.5 cm³/mol. The fourth-order valence-corrected chi connectivity index (χ4v) is 2.12. The van der Waals surface area contributed by atoms with E-state index in [4.69, 9.17) is 9.25 Å². The van der Waals surface area contributed by atoms with Crippen LogP contribution in [0.3, 0.4) is 0 Å². The summed E-state index contributed by atoms with van der Waals surface area (Å²) in [5.74, 6) is -0.429. The van der Waals surface area contributed by atoms with Gasteiger partial charge in [0.2, 0.25) is 0 Å². The SMILES string of the molecule is Cc1c(C(=O)N2CCCO2)oc2ccc(F)cc12. The molecule has 5 heteroatoms. The number of carbonyl (C=O) groups excluding carboxylic acids is 1. The van der Waals surface area contributed by atoms with Crippen LogP contribution in [-0.2, 0) is 4.84 Å². The van der Waals surface area contributed by atoms with Crippen LogP contribution in [0.15, 0.2) is 22.6 Å². The number of nitrogens with zero attached hydrogens (tertiary/aromatic N) is 1. The highest BCUT2D eigenvalue weighted by atomic mass is 19.1. The molecule has 0 unspecified atom stereocenters. The van der Waals surface area contributed by atoms with E-state index >= 15 is 0 Å². The molecule has 94 valence electrons. The van der Waals surface area contributed by atoms with Crippen LogP contribution in [0, 0.1) is 12.7 Å². The average molecular weight is 249 g/mol. The van der Waals surface area contributed by atoms with Gasteiger partial charge in [-0.05, 0) is 31.5 Å². The van der Waals surface area contributed by atoms with Crippen molar-refractivity contribution in [1.29, 1.82) is 0 Å². The fourth-order valence-electron chi connectivity index (χ4n) is 2.12. The van der Waals surface area contributed by atoms with Gasteiger partial charge in [-0.1, -0.05) is 0 Å². The van der Waals surface area contributed by atoms with Crippen molar-refractivity contribution in [2.75, 3.05) is 13.2 Å². The summed E-state index contributed by atoms with van der Waals surface area (Å²) in [6.45, 7) is 2.85. The minimum Gasteiger partial charge on any atom is -0.451 e. The number of carbonyl (C=O) groups is 1. The molecule has 0 bridgehead atoms. The molecule has 1 aliphatic rings. The quantitative estimate of drug-likeness (QED) is 0.780. The third-order valence-electron chi connectivity index (χ3n) is 3.07. The molecule has 1 aromatic carbocycles. The maximum atomic E-state index is 13.2. The number of hydrogen-bond acceptors (Lipinski definition) is 3. The second-order valence-corrected chi connectivity index (χ2v) is 4.29. The highest BCUT2D eigenvalue weighted by Gasteiger charge is 2.26. The lowest BCUT2D eigenvalue weighted by atomic mass is 10.1. The van der Waals surface area contributed by atoms with Crippen LogP contribution in [0.25, 0.3) is 11.0 Å². The summed E-state index contributed by atoms with van der Waals surface area (Å²) in [4.78, 5) is 17.3. The lowest BCUT2D eigenvalue weighted by molar-refractivity contribution is -0.0784. The average Bonchev–Trinajstić information content (AvgIpc) is 2.98. The van der Waals surface area contributed by atoms with Gasteiger partial charge in [0.1, 0.15) is 11.4 Å². The van der Waals surface area contributed by atoms with Gasteiger partial charge in [0.15, 0.2) is 5.76 Å². The molecular formula is C13H12FNO3. The Morgan fingerprint density at radius 2 is 2.28 bits per heavy atom. The van der Waals surface area contributed by atoms with Gasteiger partial charge in [0.25, 0.3) is 0 Å². The molecule has 1 aliphatic heterocycles. The summed E-state index contributed by atoms with van der Waals surface area (Å²) in [6, 6.07) is 4.21. The number of amides is 1. The molecule has 4 nitrogen and oxygen atoms in total. The Hall–Kier alpha value is -1.88. The third-order valence-corrected chi connectivity index (χ3v) is 3.07. The van der Waals surface area contributed by atoms with Gasteiger partial charge in [-0.3, -0.25) is 9.63 Å². The summed E-state index contributed by atoms with van der Waals surface area (Å²) in [6.07, 6.45) is 0.819. The van der Waals surface area contributed by atoms with Crippen molar-refractivity contribution in [1.82, 2.24) is 5.06 Å². The standard InChI is InChI=1S/C13H12FNO3/c1-8-10-7-9(14)3-4-11(10)18-12(8)13(16)15-5-2-6-17-15/h3-4,7H,2,5-6H2,1H3. The zero-order chi connectivity index (χ0) is 12.7. The van der Waals surface area contributed by atoms with Crippen LogP contribution in [0.2, 0.25) is 0 Å². The number of furan rings is 1. The van der Waals surface area contributed by atoms with E-state index in [0.29, 0.717) is 29.7 Å². The molecule has 0 atom stereocenters. The van der Waals surface area contributed by atoms with Crippen LogP contribution in [-0.4, -0.2) is 24.1 Å².